The van der Waals surface area contributed by atoms with Gasteiger partial charge in [-0.25, -0.2) is 0 Å². The largest absolute Gasteiger partial charge is 0.329 e. The minimum absolute atomic E-state index is 0.654. The van der Waals surface area contributed by atoms with Crippen LogP contribution in [0.15, 0.2) is 24.4 Å². The Bertz CT molecular complexity index is 407. The Morgan fingerprint density at radius 3 is 3.25 bits per heavy atom. The zero-order valence-electron chi connectivity index (χ0n) is 6.24. The van der Waals surface area contributed by atoms with Crippen LogP contribution >= 0.6 is 0 Å². The number of hydrogen-bond acceptors (Lipinski definition) is 2. The van der Waals surface area contributed by atoms with Crippen molar-refractivity contribution < 1.29 is 4.79 Å². The Balaban J connectivity index is 2.52. The number of aromatic nitrogens is 2. The zero-order chi connectivity index (χ0) is 8.39. The van der Waals surface area contributed by atoms with Gasteiger partial charge in [-0.1, -0.05) is 0 Å². The third kappa shape index (κ3) is 1.03. The second kappa shape index (κ2) is 2.65. The van der Waals surface area contributed by atoms with Gasteiger partial charge in [0.05, 0.1) is 11.7 Å². The second-order valence-electron chi connectivity index (χ2n) is 2.43. The first kappa shape index (κ1) is 6.84. The lowest BCUT2D eigenvalue weighted by Crippen LogP contribution is -1.92. The predicted octanol–water partition coefficient (Wildman–Crippen LogP) is 1.13. The Morgan fingerprint density at radius 2 is 2.42 bits per heavy atom. The number of H-pyrrole nitrogens is 1. The highest BCUT2D eigenvalue weighted by molar-refractivity contribution is 5.84. The highest BCUT2D eigenvalue weighted by Gasteiger charge is 1.95. The number of fused-ring (bicyclic) bond motifs is 1. The van der Waals surface area contributed by atoms with Crippen molar-refractivity contribution in [2.75, 3.05) is 5.32 Å². The van der Waals surface area contributed by atoms with E-state index >= 15 is 0 Å². The molecule has 2 aromatic rings. The third-order valence-electron chi connectivity index (χ3n) is 1.67. The maximum atomic E-state index is 10.1. The van der Waals surface area contributed by atoms with Gasteiger partial charge in [0.2, 0.25) is 6.41 Å². The summed E-state index contributed by atoms with van der Waals surface area (Å²) in [7, 11) is 0. The number of carbonyl (C=O) groups is 1. The van der Waals surface area contributed by atoms with Crippen LogP contribution in [0.2, 0.25) is 0 Å². The lowest BCUT2D eigenvalue weighted by molar-refractivity contribution is -0.105. The van der Waals surface area contributed by atoms with Crippen molar-refractivity contribution in [1.29, 1.82) is 0 Å². The van der Waals surface area contributed by atoms with Gasteiger partial charge in [-0.05, 0) is 18.2 Å². The van der Waals surface area contributed by atoms with Crippen LogP contribution in [0.1, 0.15) is 0 Å². The number of nitrogens with one attached hydrogen (secondary N) is 2. The monoisotopic (exact) mass is 161 g/mol. The summed E-state index contributed by atoms with van der Waals surface area (Å²) < 4.78 is 0. The smallest absolute Gasteiger partial charge is 0.211 e. The van der Waals surface area contributed by atoms with Gasteiger partial charge in [-0.15, -0.1) is 0 Å². The molecule has 1 aromatic carbocycles. The van der Waals surface area contributed by atoms with Crippen molar-refractivity contribution >= 4 is 23.0 Å². The number of aromatic amines is 1. The fourth-order valence-corrected chi connectivity index (χ4v) is 1.10. The molecule has 2 N–H and O–H groups in total. The summed E-state index contributed by atoms with van der Waals surface area (Å²) in [6, 6.07) is 5.54. The van der Waals surface area contributed by atoms with Gasteiger partial charge in [-0.2, -0.15) is 5.10 Å². The molecule has 0 bridgehead atoms. The van der Waals surface area contributed by atoms with E-state index in [1.165, 1.54) is 0 Å². The van der Waals surface area contributed by atoms with Crippen LogP contribution in [0.5, 0.6) is 0 Å². The Hall–Kier alpha value is -1.84. The van der Waals surface area contributed by atoms with Gasteiger partial charge in [0.25, 0.3) is 0 Å². The SMILES string of the molecule is O=CNc1ccc2[nH]ncc2c1. The molecular formula is C8H7N3O. The maximum Gasteiger partial charge on any atom is 0.211 e. The highest BCUT2D eigenvalue weighted by Crippen LogP contribution is 2.15. The lowest BCUT2D eigenvalue weighted by Gasteiger charge is -1.96. The van der Waals surface area contributed by atoms with Crippen LogP contribution in [0.3, 0.4) is 0 Å². The second-order valence-corrected chi connectivity index (χ2v) is 2.43. The zero-order valence-corrected chi connectivity index (χ0v) is 6.24. The molecule has 0 saturated heterocycles. The van der Waals surface area contributed by atoms with Crippen LogP contribution in [0, 0.1) is 0 Å². The molecule has 4 nitrogen and oxygen atoms in total. The summed E-state index contributed by atoms with van der Waals surface area (Å²) in [5, 5.41) is 10.2. The molecule has 0 unspecified atom stereocenters. The molecule has 1 amide bonds. The molecule has 0 fully saturated rings. The predicted molar refractivity (Wildman–Crippen MR) is 45.8 cm³/mol. The summed E-state index contributed by atoms with van der Waals surface area (Å²) in [5.41, 5.74) is 1.74. The van der Waals surface area contributed by atoms with Crippen LogP contribution in [-0.2, 0) is 4.79 Å². The number of benzene rings is 1. The van der Waals surface area contributed by atoms with Crippen LogP contribution < -0.4 is 5.32 Å². The molecule has 0 radical (unpaired) electrons. The van der Waals surface area contributed by atoms with Crippen molar-refractivity contribution in [3.8, 4) is 0 Å². The van der Waals surface area contributed by atoms with E-state index in [0.29, 0.717) is 6.41 Å². The molecule has 60 valence electrons. The molecule has 0 atom stereocenters. The first-order chi connectivity index (χ1) is 5.90. The van der Waals surface area contributed by atoms with Crippen molar-refractivity contribution in [2.24, 2.45) is 0 Å². The van der Waals surface area contributed by atoms with Crippen molar-refractivity contribution in [1.82, 2.24) is 10.2 Å². The van der Waals surface area contributed by atoms with E-state index in [1.807, 2.05) is 18.2 Å². The van der Waals surface area contributed by atoms with Gasteiger partial charge < -0.3 is 5.32 Å². The minimum Gasteiger partial charge on any atom is -0.329 e. The molecular weight excluding hydrogens is 154 g/mol. The van der Waals surface area contributed by atoms with Gasteiger partial charge in [0.1, 0.15) is 0 Å². The standard InChI is InChI=1S/C8H7N3O/c12-5-9-7-1-2-8-6(3-7)4-10-11-8/h1-5H,(H,9,12)(H,10,11). The number of carbonyl (C=O) groups excluding carboxylic acids is 1. The Kier molecular flexibility index (Phi) is 1.51. The molecule has 2 rings (SSSR count). The minimum atomic E-state index is 0.654. The van der Waals surface area contributed by atoms with E-state index in [1.54, 1.807) is 6.20 Å². The molecule has 1 heterocycles. The molecule has 12 heavy (non-hydrogen) atoms. The molecule has 1 aromatic heterocycles. The number of nitrogens with zero attached hydrogens (tertiary/aromatic N) is 1. The molecule has 0 aliphatic carbocycles. The van der Waals surface area contributed by atoms with E-state index in [4.69, 9.17) is 0 Å². The summed E-state index contributed by atoms with van der Waals surface area (Å²) in [5.74, 6) is 0. The topological polar surface area (TPSA) is 57.8 Å². The summed E-state index contributed by atoms with van der Waals surface area (Å²) in [4.78, 5) is 10.1. The molecule has 4 heteroatoms. The average molecular weight is 161 g/mol. The van der Waals surface area contributed by atoms with Gasteiger partial charge >= 0.3 is 0 Å². The van der Waals surface area contributed by atoms with E-state index in [9.17, 15) is 4.79 Å². The molecule has 0 saturated carbocycles. The Labute approximate surface area is 68.6 Å². The summed E-state index contributed by atoms with van der Waals surface area (Å²) in [6.45, 7) is 0. The van der Waals surface area contributed by atoms with Crippen LogP contribution in [0.4, 0.5) is 5.69 Å². The van der Waals surface area contributed by atoms with E-state index in [0.717, 1.165) is 16.6 Å². The first-order valence-corrected chi connectivity index (χ1v) is 3.53. The summed E-state index contributed by atoms with van der Waals surface area (Å²) in [6.07, 6.45) is 2.37. The maximum absolute atomic E-state index is 10.1. The van der Waals surface area contributed by atoms with E-state index < -0.39 is 0 Å². The van der Waals surface area contributed by atoms with E-state index in [-0.39, 0.29) is 0 Å². The third-order valence-corrected chi connectivity index (χ3v) is 1.67. The molecule has 0 spiro atoms. The Morgan fingerprint density at radius 1 is 1.50 bits per heavy atom. The van der Waals surface area contributed by atoms with Crippen LogP contribution in [-0.4, -0.2) is 16.6 Å². The summed E-state index contributed by atoms with van der Waals surface area (Å²) >= 11 is 0. The first-order valence-electron chi connectivity index (χ1n) is 3.53. The van der Waals surface area contributed by atoms with Gasteiger partial charge in [0.15, 0.2) is 0 Å². The lowest BCUT2D eigenvalue weighted by atomic mass is 10.2. The van der Waals surface area contributed by atoms with Gasteiger partial charge in [0, 0.05) is 11.1 Å². The molecule has 0 aliphatic rings. The normalized spacial score (nSPS) is 10.0. The fraction of sp³-hybridized carbons (Fsp3) is 0. The van der Waals surface area contributed by atoms with Crippen LogP contribution in [0.25, 0.3) is 10.9 Å². The van der Waals surface area contributed by atoms with E-state index in [2.05, 4.69) is 15.5 Å². The number of anilines is 1. The number of amides is 1. The van der Waals surface area contributed by atoms with Crippen molar-refractivity contribution in [3.63, 3.8) is 0 Å². The number of hydrogen-bond donors (Lipinski definition) is 2. The van der Waals surface area contributed by atoms with Gasteiger partial charge in [-0.3, -0.25) is 9.89 Å². The quantitative estimate of drug-likeness (QED) is 0.648. The van der Waals surface area contributed by atoms with Crippen molar-refractivity contribution in [2.45, 2.75) is 0 Å². The van der Waals surface area contributed by atoms with Crippen molar-refractivity contribution in [3.05, 3.63) is 24.4 Å². The molecule has 0 aliphatic heterocycles. The average Bonchev–Trinajstić information content (AvgIpc) is 2.51. The highest BCUT2D eigenvalue weighted by atomic mass is 16.1. The fourth-order valence-electron chi connectivity index (χ4n) is 1.10. The number of rotatable bonds is 2.